The fourth-order valence-corrected chi connectivity index (χ4v) is 2.23. The molecule has 1 saturated heterocycles. The Morgan fingerprint density at radius 2 is 2.14 bits per heavy atom. The first kappa shape index (κ1) is 21.4. The van der Waals surface area contributed by atoms with Crippen LogP contribution < -0.4 is 5.32 Å². The fourth-order valence-electron chi connectivity index (χ4n) is 2.23. The zero-order valence-corrected chi connectivity index (χ0v) is 16.6. The Labute approximate surface area is 151 Å². The lowest BCUT2D eigenvalue weighted by Crippen LogP contribution is -2.41. The molecule has 130 valence electrons. The molecule has 0 radical (unpaired) electrons. The Hall–Kier alpha value is -0.570. The topological polar surface area (TPSA) is 57.2 Å². The van der Waals surface area contributed by atoms with Crippen molar-refractivity contribution in [1.82, 2.24) is 15.1 Å². The first-order chi connectivity index (χ1) is 10.1. The van der Waals surface area contributed by atoms with Crippen LogP contribution in [0.5, 0.6) is 0 Å². The Morgan fingerprint density at radius 1 is 1.41 bits per heavy atom. The SMILES string of the molecule is CCCNC(=NCC(=O)N(C)C)N1CCC(COCC)C1.I. The number of nitrogens with zero attached hydrogens (tertiary/aromatic N) is 3. The highest BCUT2D eigenvalue weighted by Crippen LogP contribution is 2.16. The van der Waals surface area contributed by atoms with Crippen molar-refractivity contribution in [2.45, 2.75) is 26.7 Å². The average Bonchev–Trinajstić information content (AvgIpc) is 2.93. The fraction of sp³-hybridized carbons (Fsp3) is 0.867. The van der Waals surface area contributed by atoms with Gasteiger partial charge >= 0.3 is 0 Å². The number of nitrogens with one attached hydrogen (secondary N) is 1. The zero-order chi connectivity index (χ0) is 15.7. The molecule has 1 aliphatic rings. The molecular weight excluding hydrogens is 395 g/mol. The zero-order valence-electron chi connectivity index (χ0n) is 14.3. The summed E-state index contributed by atoms with van der Waals surface area (Å²) in [6.07, 6.45) is 2.16. The maximum absolute atomic E-state index is 11.7. The largest absolute Gasteiger partial charge is 0.381 e. The molecule has 0 aromatic carbocycles. The van der Waals surface area contributed by atoms with Crippen LogP contribution in [0, 0.1) is 5.92 Å². The number of ether oxygens (including phenoxy) is 1. The number of hydrogen-bond donors (Lipinski definition) is 1. The molecule has 1 fully saturated rings. The maximum atomic E-state index is 11.7. The minimum Gasteiger partial charge on any atom is -0.381 e. The van der Waals surface area contributed by atoms with Crippen molar-refractivity contribution in [3.8, 4) is 0 Å². The second-order valence-electron chi connectivity index (χ2n) is 5.61. The predicted octanol–water partition coefficient (Wildman–Crippen LogP) is 1.41. The molecule has 0 aromatic heterocycles. The second kappa shape index (κ2) is 11.9. The van der Waals surface area contributed by atoms with Gasteiger partial charge in [0.15, 0.2) is 5.96 Å². The average molecular weight is 426 g/mol. The van der Waals surface area contributed by atoms with Gasteiger partial charge < -0.3 is 19.9 Å². The van der Waals surface area contributed by atoms with Crippen molar-refractivity contribution >= 4 is 35.8 Å². The highest BCUT2D eigenvalue weighted by molar-refractivity contribution is 14.0. The van der Waals surface area contributed by atoms with Gasteiger partial charge in [-0.25, -0.2) is 4.99 Å². The van der Waals surface area contributed by atoms with E-state index in [1.54, 1.807) is 19.0 Å². The molecule has 7 heteroatoms. The van der Waals surface area contributed by atoms with Gasteiger partial charge in [0, 0.05) is 46.3 Å². The van der Waals surface area contributed by atoms with Crippen LogP contribution in [-0.4, -0.2) is 75.2 Å². The van der Waals surface area contributed by atoms with Crippen LogP contribution in [0.3, 0.4) is 0 Å². The van der Waals surface area contributed by atoms with Crippen LogP contribution in [0.15, 0.2) is 4.99 Å². The summed E-state index contributed by atoms with van der Waals surface area (Å²) in [6, 6.07) is 0. The number of carbonyl (C=O) groups excluding carboxylic acids is 1. The van der Waals surface area contributed by atoms with Crippen molar-refractivity contribution in [2.75, 3.05) is 53.5 Å². The lowest BCUT2D eigenvalue weighted by molar-refractivity contribution is -0.127. The smallest absolute Gasteiger partial charge is 0.243 e. The minimum atomic E-state index is 0. The van der Waals surface area contributed by atoms with E-state index in [-0.39, 0.29) is 36.4 Å². The van der Waals surface area contributed by atoms with Crippen LogP contribution in [0.4, 0.5) is 0 Å². The van der Waals surface area contributed by atoms with E-state index in [4.69, 9.17) is 4.74 Å². The highest BCUT2D eigenvalue weighted by atomic mass is 127. The summed E-state index contributed by atoms with van der Waals surface area (Å²) in [4.78, 5) is 20.0. The first-order valence-corrected chi connectivity index (χ1v) is 7.89. The van der Waals surface area contributed by atoms with Gasteiger partial charge in [-0.2, -0.15) is 0 Å². The Kier molecular flexibility index (Phi) is 11.6. The third-order valence-electron chi connectivity index (χ3n) is 3.54. The van der Waals surface area contributed by atoms with Crippen LogP contribution >= 0.6 is 24.0 Å². The molecule has 1 aliphatic heterocycles. The maximum Gasteiger partial charge on any atom is 0.243 e. The molecule has 0 bridgehead atoms. The molecule has 1 amide bonds. The number of guanidine groups is 1. The van der Waals surface area contributed by atoms with Gasteiger partial charge in [0.1, 0.15) is 6.54 Å². The van der Waals surface area contributed by atoms with E-state index in [9.17, 15) is 4.79 Å². The normalized spacial score (nSPS) is 18.1. The summed E-state index contributed by atoms with van der Waals surface area (Å²) >= 11 is 0. The predicted molar refractivity (Wildman–Crippen MR) is 101 cm³/mol. The Morgan fingerprint density at radius 3 is 2.73 bits per heavy atom. The van der Waals surface area contributed by atoms with E-state index in [2.05, 4.69) is 22.1 Å². The van der Waals surface area contributed by atoms with E-state index >= 15 is 0 Å². The number of halogens is 1. The number of hydrogen-bond acceptors (Lipinski definition) is 3. The summed E-state index contributed by atoms with van der Waals surface area (Å²) in [5.74, 6) is 1.44. The van der Waals surface area contributed by atoms with Gasteiger partial charge in [-0.15, -0.1) is 24.0 Å². The van der Waals surface area contributed by atoms with Crippen molar-refractivity contribution in [1.29, 1.82) is 0 Å². The number of rotatable bonds is 7. The molecule has 1 unspecified atom stereocenters. The summed E-state index contributed by atoms with van der Waals surface area (Å²) in [7, 11) is 3.51. The van der Waals surface area contributed by atoms with E-state index < -0.39 is 0 Å². The van der Waals surface area contributed by atoms with Gasteiger partial charge in [-0.05, 0) is 19.8 Å². The summed E-state index contributed by atoms with van der Waals surface area (Å²) in [5, 5.41) is 3.35. The van der Waals surface area contributed by atoms with Crippen molar-refractivity contribution in [2.24, 2.45) is 10.9 Å². The standard InChI is InChI=1S/C15H30N4O2.HI/c1-5-8-16-15(17-10-14(20)18(3)4)19-9-7-13(11-19)12-21-6-2;/h13H,5-12H2,1-4H3,(H,16,17);1H. The third-order valence-corrected chi connectivity index (χ3v) is 3.54. The first-order valence-electron chi connectivity index (χ1n) is 7.89. The van der Waals surface area contributed by atoms with Gasteiger partial charge in [-0.1, -0.05) is 6.92 Å². The van der Waals surface area contributed by atoms with Crippen molar-refractivity contribution in [3.05, 3.63) is 0 Å². The molecule has 1 N–H and O–H groups in total. The van der Waals surface area contributed by atoms with Crippen LogP contribution in [-0.2, 0) is 9.53 Å². The van der Waals surface area contributed by atoms with Gasteiger partial charge in [0.25, 0.3) is 0 Å². The summed E-state index contributed by atoms with van der Waals surface area (Å²) in [6.45, 7) is 8.72. The molecule has 0 aromatic rings. The Bertz CT molecular complexity index is 350. The lowest BCUT2D eigenvalue weighted by atomic mass is 10.1. The van der Waals surface area contributed by atoms with Crippen LogP contribution in [0.1, 0.15) is 26.7 Å². The van der Waals surface area contributed by atoms with Gasteiger partial charge in [-0.3, -0.25) is 4.79 Å². The molecule has 6 nitrogen and oxygen atoms in total. The quantitative estimate of drug-likeness (QED) is 0.380. The molecule has 1 heterocycles. The van der Waals surface area contributed by atoms with E-state index in [1.807, 2.05) is 6.92 Å². The number of likely N-dealkylation sites (tertiary alicyclic amines) is 1. The monoisotopic (exact) mass is 426 g/mol. The molecule has 0 aliphatic carbocycles. The van der Waals surface area contributed by atoms with Crippen LogP contribution in [0.25, 0.3) is 0 Å². The number of likely N-dealkylation sites (N-methyl/N-ethyl adjacent to an activating group) is 1. The molecule has 1 atom stereocenters. The van der Waals surface area contributed by atoms with Gasteiger partial charge in [0.05, 0.1) is 6.61 Å². The molecule has 0 spiro atoms. The van der Waals surface area contributed by atoms with E-state index in [1.165, 1.54) is 0 Å². The molecular formula is C15H31IN4O2. The van der Waals surface area contributed by atoms with E-state index in [0.29, 0.717) is 5.92 Å². The molecule has 1 rings (SSSR count). The second-order valence-corrected chi connectivity index (χ2v) is 5.61. The number of carbonyl (C=O) groups is 1. The summed E-state index contributed by atoms with van der Waals surface area (Å²) < 4.78 is 5.51. The molecule has 0 saturated carbocycles. The van der Waals surface area contributed by atoms with Gasteiger partial charge in [0.2, 0.25) is 5.91 Å². The Balaban J connectivity index is 0.00000441. The van der Waals surface area contributed by atoms with Crippen LogP contribution in [0.2, 0.25) is 0 Å². The summed E-state index contributed by atoms with van der Waals surface area (Å²) in [5.41, 5.74) is 0. The molecule has 22 heavy (non-hydrogen) atoms. The lowest BCUT2D eigenvalue weighted by Gasteiger charge is -2.22. The number of amides is 1. The van der Waals surface area contributed by atoms with Crippen molar-refractivity contribution < 1.29 is 9.53 Å². The van der Waals surface area contributed by atoms with E-state index in [0.717, 1.165) is 51.6 Å². The third kappa shape index (κ3) is 7.62. The van der Waals surface area contributed by atoms with Crippen molar-refractivity contribution in [3.63, 3.8) is 0 Å². The minimum absolute atomic E-state index is 0. The highest BCUT2D eigenvalue weighted by Gasteiger charge is 2.25. The number of aliphatic imine (C=N–C) groups is 1.